The summed E-state index contributed by atoms with van der Waals surface area (Å²) in [6.07, 6.45) is 8.38. The lowest BCUT2D eigenvalue weighted by molar-refractivity contribution is -0.123. The van der Waals surface area contributed by atoms with Gasteiger partial charge in [-0.05, 0) is 49.3 Å². The fourth-order valence-electron chi connectivity index (χ4n) is 4.89. The van der Waals surface area contributed by atoms with Crippen molar-refractivity contribution in [2.24, 2.45) is 22.6 Å². The molecule has 1 aliphatic carbocycles. The number of nitrogens with one attached hydrogen (secondary N) is 2. The molecular weight excluding hydrogens is 501 g/mol. The smallest absolute Gasteiger partial charge is 0.221 e. The number of benzene rings is 1. The minimum Gasteiger partial charge on any atom is -0.369 e. The molecule has 1 amide bonds. The van der Waals surface area contributed by atoms with Crippen LogP contribution in [0.4, 0.5) is 0 Å². The molecule has 0 aromatic heterocycles. The van der Waals surface area contributed by atoms with E-state index in [9.17, 15) is 4.79 Å². The van der Waals surface area contributed by atoms with Gasteiger partial charge in [0.25, 0.3) is 0 Å². The third-order valence-electron chi connectivity index (χ3n) is 6.69. The van der Waals surface area contributed by atoms with Crippen molar-refractivity contribution in [1.82, 2.24) is 15.5 Å². The maximum Gasteiger partial charge on any atom is 0.221 e. The van der Waals surface area contributed by atoms with E-state index in [0.29, 0.717) is 6.04 Å². The van der Waals surface area contributed by atoms with Crippen molar-refractivity contribution in [3.8, 4) is 0 Å². The van der Waals surface area contributed by atoms with E-state index in [0.717, 1.165) is 50.9 Å². The number of hydrogen-bond donors (Lipinski definition) is 3. The van der Waals surface area contributed by atoms with Gasteiger partial charge in [-0.15, -0.1) is 24.0 Å². The summed E-state index contributed by atoms with van der Waals surface area (Å²) >= 11 is 0. The van der Waals surface area contributed by atoms with Crippen molar-refractivity contribution in [2.45, 2.75) is 71.0 Å². The Labute approximate surface area is 204 Å². The third kappa shape index (κ3) is 8.25. The Morgan fingerprint density at radius 2 is 2.03 bits per heavy atom. The summed E-state index contributed by atoms with van der Waals surface area (Å²) in [4.78, 5) is 18.3. The molecule has 3 unspecified atom stereocenters. The van der Waals surface area contributed by atoms with E-state index in [1.807, 2.05) is 7.05 Å². The molecule has 1 saturated heterocycles. The van der Waals surface area contributed by atoms with Gasteiger partial charge in [0.1, 0.15) is 0 Å². The number of guanidine groups is 1. The Hall–Kier alpha value is -1.35. The largest absolute Gasteiger partial charge is 0.369 e. The van der Waals surface area contributed by atoms with E-state index in [1.165, 1.54) is 43.2 Å². The van der Waals surface area contributed by atoms with Crippen LogP contribution in [-0.4, -0.2) is 42.9 Å². The molecule has 0 bridgehead atoms. The summed E-state index contributed by atoms with van der Waals surface area (Å²) in [7, 11) is 1.84. The average molecular weight is 542 g/mol. The maximum absolute atomic E-state index is 11.5. The summed E-state index contributed by atoms with van der Waals surface area (Å²) in [5.74, 6) is 1.56. The van der Waals surface area contributed by atoms with Gasteiger partial charge in [0.15, 0.2) is 5.96 Å². The number of likely N-dealkylation sites (tertiary alicyclic amines) is 1. The van der Waals surface area contributed by atoms with Crippen LogP contribution in [0.3, 0.4) is 0 Å². The predicted molar refractivity (Wildman–Crippen MR) is 138 cm³/mol. The van der Waals surface area contributed by atoms with Crippen LogP contribution in [0.5, 0.6) is 0 Å². The Kier molecular flexibility index (Phi) is 11.1. The van der Waals surface area contributed by atoms with E-state index in [2.05, 4.69) is 51.7 Å². The van der Waals surface area contributed by atoms with Crippen LogP contribution >= 0.6 is 24.0 Å². The number of amides is 1. The lowest BCUT2D eigenvalue weighted by atomic mass is 9.84. The second-order valence-corrected chi connectivity index (χ2v) is 9.00. The zero-order valence-electron chi connectivity index (χ0n) is 19.1. The van der Waals surface area contributed by atoms with Crippen molar-refractivity contribution in [1.29, 1.82) is 0 Å². The van der Waals surface area contributed by atoms with Gasteiger partial charge in [-0.3, -0.25) is 14.7 Å². The number of carbonyl (C=O) groups is 1. The van der Waals surface area contributed by atoms with Gasteiger partial charge in [-0.25, -0.2) is 0 Å². The number of piperidine rings is 1. The Morgan fingerprint density at radius 1 is 1.23 bits per heavy atom. The normalized spacial score (nSPS) is 24.8. The van der Waals surface area contributed by atoms with Crippen molar-refractivity contribution in [3.05, 3.63) is 35.4 Å². The molecular formula is C24H40IN5O. The molecule has 3 atom stereocenters. The average Bonchev–Trinajstić information content (AvgIpc) is 2.77. The first-order chi connectivity index (χ1) is 14.6. The van der Waals surface area contributed by atoms with Gasteiger partial charge in [-0.1, -0.05) is 50.5 Å². The third-order valence-corrected chi connectivity index (χ3v) is 6.69. The minimum absolute atomic E-state index is 0. The summed E-state index contributed by atoms with van der Waals surface area (Å²) in [5.41, 5.74) is 8.04. The summed E-state index contributed by atoms with van der Waals surface area (Å²) in [5, 5.41) is 7.11. The van der Waals surface area contributed by atoms with E-state index in [1.54, 1.807) is 0 Å². The Morgan fingerprint density at radius 3 is 2.77 bits per heavy atom. The fraction of sp³-hybridized carbons (Fsp3) is 0.667. The van der Waals surface area contributed by atoms with E-state index in [-0.39, 0.29) is 35.8 Å². The highest BCUT2D eigenvalue weighted by Gasteiger charge is 2.24. The highest BCUT2D eigenvalue weighted by atomic mass is 127. The number of nitrogens with two attached hydrogens (primary N) is 1. The molecule has 2 fully saturated rings. The van der Waals surface area contributed by atoms with Crippen molar-refractivity contribution < 1.29 is 4.79 Å². The first-order valence-electron chi connectivity index (χ1n) is 11.6. The van der Waals surface area contributed by atoms with Crippen molar-refractivity contribution in [3.63, 3.8) is 0 Å². The zero-order valence-corrected chi connectivity index (χ0v) is 21.4. The molecule has 1 aliphatic heterocycles. The number of primary amides is 1. The molecule has 6 nitrogen and oxygen atoms in total. The molecule has 31 heavy (non-hydrogen) atoms. The van der Waals surface area contributed by atoms with Crippen molar-refractivity contribution >= 4 is 35.8 Å². The highest BCUT2D eigenvalue weighted by molar-refractivity contribution is 14.0. The summed E-state index contributed by atoms with van der Waals surface area (Å²) in [6, 6.07) is 9.21. The molecule has 4 N–H and O–H groups in total. The molecule has 1 heterocycles. The van der Waals surface area contributed by atoms with Gasteiger partial charge in [0.05, 0.1) is 5.92 Å². The molecule has 7 heteroatoms. The molecule has 1 saturated carbocycles. The molecule has 1 aromatic carbocycles. The number of nitrogens with zero attached hydrogens (tertiary/aromatic N) is 2. The predicted octanol–water partition coefficient (Wildman–Crippen LogP) is 3.64. The maximum atomic E-state index is 11.5. The van der Waals surface area contributed by atoms with Crippen LogP contribution < -0.4 is 16.4 Å². The van der Waals surface area contributed by atoms with Gasteiger partial charge in [0.2, 0.25) is 5.91 Å². The number of carbonyl (C=O) groups excluding carboxylic acids is 1. The highest BCUT2D eigenvalue weighted by Crippen LogP contribution is 2.26. The van der Waals surface area contributed by atoms with Gasteiger partial charge in [0, 0.05) is 32.7 Å². The monoisotopic (exact) mass is 541 g/mol. The lowest BCUT2D eigenvalue weighted by Crippen LogP contribution is -2.45. The Balaban J connectivity index is 0.00000341. The van der Waals surface area contributed by atoms with Gasteiger partial charge < -0.3 is 16.4 Å². The lowest BCUT2D eigenvalue weighted by Gasteiger charge is -2.31. The van der Waals surface area contributed by atoms with E-state index >= 15 is 0 Å². The van der Waals surface area contributed by atoms with Gasteiger partial charge >= 0.3 is 0 Å². The number of halogens is 1. The number of hydrogen-bond acceptors (Lipinski definition) is 3. The van der Waals surface area contributed by atoms with Crippen LogP contribution in [0.1, 0.15) is 63.0 Å². The molecule has 1 aromatic rings. The second kappa shape index (κ2) is 13.3. The fourth-order valence-corrected chi connectivity index (χ4v) is 4.89. The van der Waals surface area contributed by atoms with Crippen LogP contribution in [0, 0.1) is 11.8 Å². The van der Waals surface area contributed by atoms with Gasteiger partial charge in [-0.2, -0.15) is 0 Å². The van der Waals surface area contributed by atoms with Crippen LogP contribution in [-0.2, 0) is 17.9 Å². The van der Waals surface area contributed by atoms with E-state index < -0.39 is 0 Å². The van der Waals surface area contributed by atoms with E-state index in [4.69, 9.17) is 5.73 Å². The molecule has 3 rings (SSSR count). The SMILES string of the molecule is CCC1CCCC(NC(=NC)NCc2cccc(CN3CCCC(C(N)=O)C3)c2)C1.I. The zero-order chi connectivity index (χ0) is 21.3. The minimum atomic E-state index is -0.167. The molecule has 2 aliphatic rings. The molecule has 174 valence electrons. The van der Waals surface area contributed by atoms with Crippen LogP contribution in [0.25, 0.3) is 0 Å². The molecule has 0 radical (unpaired) electrons. The molecule has 0 spiro atoms. The standard InChI is InChI=1S/C24H39N5O.HI/c1-3-18-7-5-11-22(14-18)28-24(26-2)27-15-19-8-4-9-20(13-19)16-29-12-6-10-21(17-29)23(25)30;/h4,8-9,13,18,21-22H,3,5-7,10-12,14-17H2,1-2H3,(H2,25,30)(H2,26,27,28);1H. The Bertz CT molecular complexity index is 726. The number of rotatable bonds is 7. The summed E-state index contributed by atoms with van der Waals surface area (Å²) in [6.45, 7) is 5.72. The quantitative estimate of drug-likeness (QED) is 0.280. The second-order valence-electron chi connectivity index (χ2n) is 9.00. The topological polar surface area (TPSA) is 82.8 Å². The summed E-state index contributed by atoms with van der Waals surface area (Å²) < 4.78 is 0. The first kappa shape index (κ1) is 25.9. The first-order valence-corrected chi connectivity index (χ1v) is 11.6. The van der Waals surface area contributed by atoms with Crippen molar-refractivity contribution in [2.75, 3.05) is 20.1 Å². The van der Waals surface area contributed by atoms with Crippen LogP contribution in [0.2, 0.25) is 0 Å². The van der Waals surface area contributed by atoms with Crippen LogP contribution in [0.15, 0.2) is 29.3 Å². The number of aliphatic imine (C=N–C) groups is 1.